The average Bonchev–Trinajstić information content (AvgIpc) is 2.31. The van der Waals surface area contributed by atoms with Crippen LogP contribution in [0.4, 0.5) is 5.69 Å². The minimum atomic E-state index is 0.681. The molecule has 0 saturated heterocycles. The van der Waals surface area contributed by atoms with E-state index < -0.39 is 0 Å². The molecule has 64 valence electrons. The van der Waals surface area contributed by atoms with Crippen molar-refractivity contribution in [3.05, 3.63) is 28.8 Å². The second-order valence-electron chi connectivity index (χ2n) is 3.83. The van der Waals surface area contributed by atoms with E-state index >= 15 is 0 Å². The van der Waals surface area contributed by atoms with E-state index in [4.69, 9.17) is 0 Å². The molecule has 0 aliphatic carbocycles. The molecule has 0 saturated carbocycles. The highest BCUT2D eigenvalue weighted by atomic mass is 14.9. The fraction of sp³-hybridized carbons (Fsp3) is 0.455. The monoisotopic (exact) mass is 161 g/mol. The number of aryl methyl sites for hydroxylation is 2. The molecule has 1 heteroatoms. The lowest BCUT2D eigenvalue weighted by molar-refractivity contribution is 0.847. The van der Waals surface area contributed by atoms with Crippen molar-refractivity contribution in [1.82, 2.24) is 0 Å². The third-order valence-electron chi connectivity index (χ3n) is 2.62. The number of fused-ring (bicyclic) bond motifs is 1. The Morgan fingerprint density at radius 2 is 2.08 bits per heavy atom. The fourth-order valence-electron chi connectivity index (χ4n) is 2.14. The Hall–Kier alpha value is -0.980. The number of hydrogen-bond donors (Lipinski definition) is 1. The van der Waals surface area contributed by atoms with Crippen LogP contribution in [0.3, 0.4) is 0 Å². The molecule has 0 amide bonds. The summed E-state index contributed by atoms with van der Waals surface area (Å²) < 4.78 is 0. The van der Waals surface area contributed by atoms with Gasteiger partial charge in [-0.3, -0.25) is 0 Å². The van der Waals surface area contributed by atoms with Gasteiger partial charge in [-0.05, 0) is 36.6 Å². The molecule has 1 aromatic carbocycles. The Bertz CT molecular complexity index is 315. The zero-order valence-electron chi connectivity index (χ0n) is 7.94. The molecular weight excluding hydrogens is 146 g/mol. The van der Waals surface area contributed by atoms with Crippen LogP contribution in [0.2, 0.25) is 0 Å². The minimum absolute atomic E-state index is 0.681. The summed E-state index contributed by atoms with van der Waals surface area (Å²) in [5.74, 6) is 0.681. The molecule has 1 heterocycles. The Kier molecular flexibility index (Phi) is 1.60. The first-order chi connectivity index (χ1) is 5.68. The summed E-state index contributed by atoms with van der Waals surface area (Å²) in [5, 5.41) is 3.43. The van der Waals surface area contributed by atoms with Crippen molar-refractivity contribution in [2.75, 3.05) is 11.9 Å². The second-order valence-corrected chi connectivity index (χ2v) is 3.83. The van der Waals surface area contributed by atoms with Crippen LogP contribution in [0.1, 0.15) is 29.5 Å². The van der Waals surface area contributed by atoms with E-state index in [1.807, 2.05) is 0 Å². The molecule has 0 radical (unpaired) electrons. The first-order valence-corrected chi connectivity index (χ1v) is 4.53. The number of benzene rings is 1. The van der Waals surface area contributed by atoms with Crippen LogP contribution in [-0.4, -0.2) is 6.54 Å². The van der Waals surface area contributed by atoms with E-state index in [1.54, 1.807) is 0 Å². The molecule has 2 rings (SSSR count). The number of hydrogen-bond acceptors (Lipinski definition) is 1. The van der Waals surface area contributed by atoms with Crippen LogP contribution in [0.15, 0.2) is 12.1 Å². The van der Waals surface area contributed by atoms with Crippen LogP contribution in [0.25, 0.3) is 0 Å². The van der Waals surface area contributed by atoms with E-state index in [9.17, 15) is 0 Å². The predicted molar refractivity (Wildman–Crippen MR) is 52.8 cm³/mol. The van der Waals surface area contributed by atoms with Crippen LogP contribution in [0, 0.1) is 13.8 Å². The molecule has 1 unspecified atom stereocenters. The lowest BCUT2D eigenvalue weighted by atomic mass is 9.97. The normalized spacial score (nSPS) is 20.4. The fourth-order valence-corrected chi connectivity index (χ4v) is 2.14. The van der Waals surface area contributed by atoms with Crippen molar-refractivity contribution in [1.29, 1.82) is 0 Å². The number of anilines is 1. The molecule has 1 aliphatic rings. The van der Waals surface area contributed by atoms with Crippen molar-refractivity contribution in [2.45, 2.75) is 26.7 Å². The summed E-state index contributed by atoms with van der Waals surface area (Å²) in [5.41, 5.74) is 5.65. The molecule has 0 spiro atoms. The van der Waals surface area contributed by atoms with Crippen molar-refractivity contribution in [2.24, 2.45) is 0 Å². The number of rotatable bonds is 0. The molecule has 0 bridgehead atoms. The topological polar surface area (TPSA) is 12.0 Å². The van der Waals surface area contributed by atoms with Gasteiger partial charge in [0.1, 0.15) is 0 Å². The molecule has 0 fully saturated rings. The summed E-state index contributed by atoms with van der Waals surface area (Å²) in [7, 11) is 0. The van der Waals surface area contributed by atoms with Crippen LogP contribution in [-0.2, 0) is 0 Å². The highest BCUT2D eigenvalue weighted by Gasteiger charge is 2.19. The molecule has 1 nitrogen and oxygen atoms in total. The van der Waals surface area contributed by atoms with Gasteiger partial charge in [0.2, 0.25) is 0 Å². The van der Waals surface area contributed by atoms with Crippen molar-refractivity contribution in [3.8, 4) is 0 Å². The third kappa shape index (κ3) is 1.01. The maximum absolute atomic E-state index is 3.43. The van der Waals surface area contributed by atoms with Gasteiger partial charge in [0.15, 0.2) is 0 Å². The Balaban J connectivity index is 2.60. The summed E-state index contributed by atoms with van der Waals surface area (Å²) in [6, 6.07) is 4.51. The van der Waals surface area contributed by atoms with Gasteiger partial charge in [0.25, 0.3) is 0 Å². The van der Waals surface area contributed by atoms with E-state index in [1.165, 1.54) is 22.4 Å². The molecule has 1 N–H and O–H groups in total. The first-order valence-electron chi connectivity index (χ1n) is 4.53. The maximum atomic E-state index is 3.43. The summed E-state index contributed by atoms with van der Waals surface area (Å²) in [4.78, 5) is 0. The number of nitrogens with one attached hydrogen (secondary N) is 1. The van der Waals surface area contributed by atoms with Gasteiger partial charge in [-0.25, -0.2) is 0 Å². The predicted octanol–water partition coefficient (Wildman–Crippen LogP) is 2.83. The highest BCUT2D eigenvalue weighted by molar-refractivity contribution is 5.62. The molecule has 1 atom stereocenters. The Morgan fingerprint density at radius 1 is 1.33 bits per heavy atom. The smallest absolute Gasteiger partial charge is 0.0381 e. The second kappa shape index (κ2) is 2.51. The van der Waals surface area contributed by atoms with Gasteiger partial charge in [0.05, 0.1) is 0 Å². The van der Waals surface area contributed by atoms with Crippen LogP contribution < -0.4 is 5.32 Å². The highest BCUT2D eigenvalue weighted by Crippen LogP contribution is 2.34. The van der Waals surface area contributed by atoms with Crippen molar-refractivity contribution in [3.63, 3.8) is 0 Å². The van der Waals surface area contributed by atoms with Gasteiger partial charge >= 0.3 is 0 Å². The van der Waals surface area contributed by atoms with E-state index in [2.05, 4.69) is 38.2 Å². The first kappa shape index (κ1) is 7.66. The Labute approximate surface area is 73.8 Å². The van der Waals surface area contributed by atoms with E-state index in [0.717, 1.165) is 6.54 Å². The lowest BCUT2D eigenvalue weighted by Gasteiger charge is -2.07. The molecule has 12 heavy (non-hydrogen) atoms. The quantitative estimate of drug-likeness (QED) is 0.617. The maximum Gasteiger partial charge on any atom is 0.0381 e. The van der Waals surface area contributed by atoms with E-state index in [0.29, 0.717) is 5.92 Å². The molecule has 0 aromatic heterocycles. The SMILES string of the molecule is Cc1cc(C)c2c(c1)NCC2C. The average molecular weight is 161 g/mol. The lowest BCUT2D eigenvalue weighted by Crippen LogP contribution is -1.96. The standard InChI is InChI=1S/C11H15N/c1-7-4-8(2)11-9(3)6-12-10(11)5-7/h4-5,9,12H,6H2,1-3H3. The molecular formula is C11H15N. The van der Waals surface area contributed by atoms with Gasteiger partial charge < -0.3 is 5.32 Å². The summed E-state index contributed by atoms with van der Waals surface area (Å²) >= 11 is 0. The zero-order valence-corrected chi connectivity index (χ0v) is 7.94. The van der Waals surface area contributed by atoms with Crippen LogP contribution >= 0.6 is 0 Å². The van der Waals surface area contributed by atoms with Gasteiger partial charge in [-0.1, -0.05) is 13.0 Å². The van der Waals surface area contributed by atoms with Gasteiger partial charge in [0, 0.05) is 18.2 Å². The molecule has 1 aliphatic heterocycles. The van der Waals surface area contributed by atoms with Crippen molar-refractivity contribution < 1.29 is 0 Å². The van der Waals surface area contributed by atoms with Crippen LogP contribution in [0.5, 0.6) is 0 Å². The van der Waals surface area contributed by atoms with Gasteiger partial charge in [-0.15, -0.1) is 0 Å². The molecule has 1 aromatic rings. The van der Waals surface area contributed by atoms with Crippen molar-refractivity contribution >= 4 is 5.69 Å². The zero-order chi connectivity index (χ0) is 8.72. The largest absolute Gasteiger partial charge is 0.384 e. The van der Waals surface area contributed by atoms with Gasteiger partial charge in [-0.2, -0.15) is 0 Å². The third-order valence-corrected chi connectivity index (χ3v) is 2.62. The van der Waals surface area contributed by atoms with E-state index in [-0.39, 0.29) is 0 Å². The Morgan fingerprint density at radius 3 is 2.83 bits per heavy atom. The summed E-state index contributed by atoms with van der Waals surface area (Å²) in [6.07, 6.45) is 0. The summed E-state index contributed by atoms with van der Waals surface area (Å²) in [6.45, 7) is 7.73. The minimum Gasteiger partial charge on any atom is -0.384 e.